The Balaban J connectivity index is 2.59. The van der Waals surface area contributed by atoms with E-state index in [1.807, 2.05) is 27.7 Å². The largest absolute Gasteiger partial charge is 0.350 e. The number of carbonyl (C=O) groups is 2. The summed E-state index contributed by atoms with van der Waals surface area (Å²) in [5.41, 5.74) is 4.34. The van der Waals surface area contributed by atoms with E-state index in [2.05, 4.69) is 16.1 Å². The number of nitrogen functional groups attached to an aromatic ring is 1. The van der Waals surface area contributed by atoms with E-state index in [4.69, 9.17) is 5.84 Å². The van der Waals surface area contributed by atoms with Gasteiger partial charge in [-0.2, -0.15) is 0 Å². The number of anilines is 1. The summed E-state index contributed by atoms with van der Waals surface area (Å²) in [6.45, 7) is 7.45. The number of hydrogen-bond donors (Lipinski definition) is 4. The zero-order chi connectivity index (χ0) is 15.3. The SMILES string of the molecule is Cc1cc(C(=O)NCC(=O)NC(C)(C)C)ccc1NN. The number of aryl methyl sites for hydroxylation is 1. The molecule has 2 amide bonds. The van der Waals surface area contributed by atoms with Crippen molar-refractivity contribution < 1.29 is 9.59 Å². The second-order valence-corrected chi connectivity index (χ2v) is 5.65. The average molecular weight is 278 g/mol. The molecule has 0 saturated heterocycles. The molecule has 0 unspecified atom stereocenters. The van der Waals surface area contributed by atoms with Crippen LogP contribution in [0.2, 0.25) is 0 Å². The molecule has 0 aliphatic carbocycles. The summed E-state index contributed by atoms with van der Waals surface area (Å²) in [6.07, 6.45) is 0. The minimum atomic E-state index is -0.313. The molecule has 0 aliphatic heterocycles. The minimum Gasteiger partial charge on any atom is -0.350 e. The van der Waals surface area contributed by atoms with Crippen molar-refractivity contribution in [2.75, 3.05) is 12.0 Å². The maximum atomic E-state index is 11.9. The molecule has 1 rings (SSSR count). The molecule has 0 aliphatic rings. The molecule has 1 aromatic carbocycles. The molecule has 1 aromatic rings. The molecule has 20 heavy (non-hydrogen) atoms. The molecular formula is C14H22N4O2. The molecule has 0 spiro atoms. The van der Waals surface area contributed by atoms with Crippen LogP contribution in [0.15, 0.2) is 18.2 Å². The van der Waals surface area contributed by atoms with Crippen LogP contribution in [-0.4, -0.2) is 23.9 Å². The van der Waals surface area contributed by atoms with Gasteiger partial charge < -0.3 is 16.1 Å². The fourth-order valence-corrected chi connectivity index (χ4v) is 1.69. The van der Waals surface area contributed by atoms with Gasteiger partial charge >= 0.3 is 0 Å². The van der Waals surface area contributed by atoms with Crippen LogP contribution in [0.5, 0.6) is 0 Å². The number of amides is 2. The standard InChI is InChI=1S/C14H22N4O2/c1-9-7-10(5-6-11(9)18-15)13(20)16-8-12(19)17-14(2,3)4/h5-7,18H,8,15H2,1-4H3,(H,16,20)(H,17,19). The second-order valence-electron chi connectivity index (χ2n) is 5.65. The third-order valence-corrected chi connectivity index (χ3v) is 2.57. The summed E-state index contributed by atoms with van der Waals surface area (Å²) in [6, 6.07) is 5.09. The quantitative estimate of drug-likeness (QED) is 0.486. The van der Waals surface area contributed by atoms with Crippen LogP contribution in [0.1, 0.15) is 36.7 Å². The molecular weight excluding hydrogens is 256 g/mol. The molecule has 0 saturated carbocycles. The Morgan fingerprint density at radius 3 is 2.40 bits per heavy atom. The van der Waals surface area contributed by atoms with Gasteiger partial charge in [0.15, 0.2) is 0 Å². The van der Waals surface area contributed by atoms with E-state index >= 15 is 0 Å². The molecule has 0 heterocycles. The lowest BCUT2D eigenvalue weighted by Gasteiger charge is -2.20. The van der Waals surface area contributed by atoms with Crippen molar-refractivity contribution in [1.82, 2.24) is 10.6 Å². The van der Waals surface area contributed by atoms with Crippen LogP contribution in [0, 0.1) is 6.92 Å². The Hall–Kier alpha value is -2.08. The highest BCUT2D eigenvalue weighted by Gasteiger charge is 2.15. The maximum absolute atomic E-state index is 11.9. The first-order valence-corrected chi connectivity index (χ1v) is 6.39. The number of hydrazine groups is 1. The number of hydrogen-bond acceptors (Lipinski definition) is 4. The van der Waals surface area contributed by atoms with Gasteiger partial charge in [0.25, 0.3) is 5.91 Å². The van der Waals surface area contributed by atoms with Gasteiger partial charge in [-0.1, -0.05) is 0 Å². The first-order chi connectivity index (χ1) is 9.23. The summed E-state index contributed by atoms with van der Waals surface area (Å²) in [5, 5.41) is 5.36. The minimum absolute atomic E-state index is 0.0496. The van der Waals surface area contributed by atoms with Gasteiger partial charge in [0.1, 0.15) is 0 Å². The molecule has 0 atom stereocenters. The monoisotopic (exact) mass is 278 g/mol. The van der Waals surface area contributed by atoms with Crippen molar-refractivity contribution >= 4 is 17.5 Å². The van der Waals surface area contributed by atoms with E-state index < -0.39 is 0 Å². The fourth-order valence-electron chi connectivity index (χ4n) is 1.69. The van der Waals surface area contributed by atoms with Gasteiger partial charge in [-0.3, -0.25) is 15.4 Å². The van der Waals surface area contributed by atoms with E-state index in [0.717, 1.165) is 11.3 Å². The molecule has 5 N–H and O–H groups in total. The zero-order valence-corrected chi connectivity index (χ0v) is 12.3. The van der Waals surface area contributed by atoms with Crippen LogP contribution < -0.4 is 21.9 Å². The van der Waals surface area contributed by atoms with Gasteiger partial charge in [-0.05, 0) is 51.5 Å². The number of rotatable bonds is 4. The predicted octanol–water partition coefficient (Wildman–Crippen LogP) is 0.925. The van der Waals surface area contributed by atoms with Crippen molar-refractivity contribution in [1.29, 1.82) is 0 Å². The average Bonchev–Trinajstić information content (AvgIpc) is 2.33. The lowest BCUT2D eigenvalue weighted by molar-refractivity contribution is -0.121. The van der Waals surface area contributed by atoms with Crippen LogP contribution in [0.25, 0.3) is 0 Å². The first-order valence-electron chi connectivity index (χ1n) is 6.39. The summed E-state index contributed by atoms with van der Waals surface area (Å²) in [4.78, 5) is 23.5. The molecule has 110 valence electrons. The molecule has 0 fully saturated rings. The third kappa shape index (κ3) is 4.89. The Kier molecular flexibility index (Phi) is 5.10. The molecule has 0 bridgehead atoms. The second kappa shape index (κ2) is 6.38. The number of nitrogens with two attached hydrogens (primary N) is 1. The Labute approximate surface area is 119 Å². The summed E-state index contributed by atoms with van der Waals surface area (Å²) < 4.78 is 0. The van der Waals surface area contributed by atoms with E-state index in [1.54, 1.807) is 18.2 Å². The van der Waals surface area contributed by atoms with Gasteiger partial charge in [0.2, 0.25) is 5.91 Å². The predicted molar refractivity (Wildman–Crippen MR) is 79.2 cm³/mol. The number of benzene rings is 1. The van der Waals surface area contributed by atoms with Crippen molar-refractivity contribution in [3.05, 3.63) is 29.3 Å². The van der Waals surface area contributed by atoms with E-state index in [-0.39, 0.29) is 23.9 Å². The number of nitrogens with one attached hydrogen (secondary N) is 3. The van der Waals surface area contributed by atoms with Crippen molar-refractivity contribution in [3.63, 3.8) is 0 Å². The van der Waals surface area contributed by atoms with E-state index in [0.29, 0.717) is 5.56 Å². The lowest BCUT2D eigenvalue weighted by atomic mass is 10.1. The van der Waals surface area contributed by atoms with Crippen LogP contribution in [0.4, 0.5) is 5.69 Å². The summed E-state index contributed by atoms with van der Waals surface area (Å²) in [7, 11) is 0. The van der Waals surface area contributed by atoms with Crippen LogP contribution >= 0.6 is 0 Å². The summed E-state index contributed by atoms with van der Waals surface area (Å²) in [5.74, 6) is 4.82. The third-order valence-electron chi connectivity index (χ3n) is 2.57. The van der Waals surface area contributed by atoms with Gasteiger partial charge in [0.05, 0.1) is 12.2 Å². The van der Waals surface area contributed by atoms with E-state index in [9.17, 15) is 9.59 Å². The first kappa shape index (κ1) is 16.0. The van der Waals surface area contributed by atoms with Gasteiger partial charge in [-0.15, -0.1) is 0 Å². The van der Waals surface area contributed by atoms with Gasteiger partial charge in [0, 0.05) is 11.1 Å². The molecule has 6 nitrogen and oxygen atoms in total. The highest BCUT2D eigenvalue weighted by atomic mass is 16.2. The molecule has 0 aromatic heterocycles. The highest BCUT2D eigenvalue weighted by molar-refractivity contribution is 5.97. The van der Waals surface area contributed by atoms with E-state index in [1.165, 1.54) is 0 Å². The number of carbonyl (C=O) groups excluding carboxylic acids is 2. The van der Waals surface area contributed by atoms with Crippen molar-refractivity contribution in [2.45, 2.75) is 33.2 Å². The maximum Gasteiger partial charge on any atom is 0.251 e. The summed E-state index contributed by atoms with van der Waals surface area (Å²) >= 11 is 0. The fraction of sp³-hybridized carbons (Fsp3) is 0.429. The Morgan fingerprint density at radius 1 is 1.25 bits per heavy atom. The highest BCUT2D eigenvalue weighted by Crippen LogP contribution is 2.14. The Bertz CT molecular complexity index is 506. The van der Waals surface area contributed by atoms with Crippen molar-refractivity contribution in [3.8, 4) is 0 Å². The van der Waals surface area contributed by atoms with Gasteiger partial charge in [-0.25, -0.2) is 0 Å². The van der Waals surface area contributed by atoms with Crippen LogP contribution in [0.3, 0.4) is 0 Å². The topological polar surface area (TPSA) is 96.2 Å². The Morgan fingerprint density at radius 2 is 1.90 bits per heavy atom. The molecule has 0 radical (unpaired) electrons. The normalized spacial score (nSPS) is 10.8. The van der Waals surface area contributed by atoms with Crippen LogP contribution in [-0.2, 0) is 4.79 Å². The van der Waals surface area contributed by atoms with Crippen molar-refractivity contribution in [2.24, 2.45) is 5.84 Å². The zero-order valence-electron chi connectivity index (χ0n) is 12.3. The smallest absolute Gasteiger partial charge is 0.251 e. The molecule has 6 heteroatoms. The lowest BCUT2D eigenvalue weighted by Crippen LogP contribution is -2.45.